The second-order valence-electron chi connectivity index (χ2n) is 7.80. The molecule has 1 amide bonds. The van der Waals surface area contributed by atoms with E-state index in [9.17, 15) is 24.5 Å². The molecule has 1 aliphatic rings. The van der Waals surface area contributed by atoms with Crippen molar-refractivity contribution in [3.8, 4) is 0 Å². The molecule has 1 N–H and O–H groups in total. The molecule has 1 aliphatic heterocycles. The Hall–Kier alpha value is -3.27. The summed E-state index contributed by atoms with van der Waals surface area (Å²) in [6.07, 6.45) is 1.92. The van der Waals surface area contributed by atoms with Crippen molar-refractivity contribution in [3.05, 3.63) is 55.8 Å². The number of nitro groups is 1. The number of amides is 1. The van der Waals surface area contributed by atoms with Crippen molar-refractivity contribution in [2.45, 2.75) is 33.2 Å². The van der Waals surface area contributed by atoms with Gasteiger partial charge in [-0.25, -0.2) is 4.79 Å². The van der Waals surface area contributed by atoms with E-state index in [1.807, 2.05) is 4.90 Å². The van der Waals surface area contributed by atoms with Crippen LogP contribution in [0.15, 0.2) is 30.3 Å². The summed E-state index contributed by atoms with van der Waals surface area (Å²) < 4.78 is 5.24. The van der Waals surface area contributed by atoms with Crippen LogP contribution in [0.5, 0.6) is 0 Å². The molecule has 1 aromatic carbocycles. The molecular formula is C22H25N3O6S. The fourth-order valence-corrected chi connectivity index (χ4v) is 4.31. The zero-order chi connectivity index (χ0) is 23.3. The van der Waals surface area contributed by atoms with Gasteiger partial charge in [-0.2, -0.15) is 0 Å². The average Bonchev–Trinajstić information content (AvgIpc) is 3.25. The Kier molecular flexibility index (Phi) is 7.57. The molecule has 3 rings (SSSR count). The van der Waals surface area contributed by atoms with Crippen molar-refractivity contribution in [2.24, 2.45) is 5.92 Å². The van der Waals surface area contributed by atoms with E-state index >= 15 is 0 Å². The lowest BCUT2D eigenvalue weighted by molar-refractivity contribution is -0.384. The maximum atomic E-state index is 12.8. The van der Waals surface area contributed by atoms with Gasteiger partial charge >= 0.3 is 5.97 Å². The third kappa shape index (κ3) is 5.91. The number of rotatable bonds is 8. The predicted molar refractivity (Wildman–Crippen MR) is 120 cm³/mol. The molecule has 0 spiro atoms. The van der Waals surface area contributed by atoms with Gasteiger partial charge in [-0.3, -0.25) is 19.7 Å². The fraction of sp³-hybridized carbons (Fsp3) is 0.409. The number of ether oxygens (including phenoxy) is 1. The topological polar surface area (TPSA) is 119 Å². The molecule has 32 heavy (non-hydrogen) atoms. The number of hydrogen-bond donors (Lipinski definition) is 1. The number of esters is 1. The standard InChI is InChI=1S/C22H25N3O6S/c1-14-7-9-24(10-8-14)19-5-3-16(25(29)30)11-18(19)22(28)31-13-20(27)21-6-4-17(32-21)12-23-15(2)26/h3-6,11,14H,7-10,12-13H2,1-2H3,(H,23,26). The Morgan fingerprint density at radius 1 is 1.22 bits per heavy atom. The minimum atomic E-state index is -0.773. The van der Waals surface area contributed by atoms with Crippen LogP contribution in [0.1, 0.15) is 51.6 Å². The zero-order valence-corrected chi connectivity index (χ0v) is 18.8. The second kappa shape index (κ2) is 10.4. The first-order valence-electron chi connectivity index (χ1n) is 10.3. The highest BCUT2D eigenvalue weighted by molar-refractivity contribution is 7.14. The maximum Gasteiger partial charge on any atom is 0.340 e. The van der Waals surface area contributed by atoms with Crippen LogP contribution < -0.4 is 10.2 Å². The average molecular weight is 460 g/mol. The number of anilines is 1. The lowest BCUT2D eigenvalue weighted by atomic mass is 9.98. The van der Waals surface area contributed by atoms with Gasteiger partial charge in [-0.1, -0.05) is 6.92 Å². The molecule has 1 fully saturated rings. The number of carbonyl (C=O) groups is 3. The molecule has 1 aromatic heterocycles. The van der Waals surface area contributed by atoms with E-state index in [2.05, 4.69) is 12.2 Å². The summed E-state index contributed by atoms with van der Waals surface area (Å²) in [4.78, 5) is 50.2. The second-order valence-corrected chi connectivity index (χ2v) is 8.97. The Bertz CT molecular complexity index is 1030. The Morgan fingerprint density at radius 3 is 2.59 bits per heavy atom. The van der Waals surface area contributed by atoms with Gasteiger partial charge in [0.25, 0.3) is 5.69 Å². The van der Waals surface area contributed by atoms with Gasteiger partial charge in [0.15, 0.2) is 6.61 Å². The van der Waals surface area contributed by atoms with Crippen molar-refractivity contribution in [1.82, 2.24) is 5.32 Å². The highest BCUT2D eigenvalue weighted by Crippen LogP contribution is 2.30. The molecule has 170 valence electrons. The summed E-state index contributed by atoms with van der Waals surface area (Å²) in [7, 11) is 0. The predicted octanol–water partition coefficient (Wildman–Crippen LogP) is 3.57. The van der Waals surface area contributed by atoms with Crippen LogP contribution in [0.2, 0.25) is 0 Å². The highest BCUT2D eigenvalue weighted by atomic mass is 32.1. The van der Waals surface area contributed by atoms with Crippen LogP contribution >= 0.6 is 11.3 Å². The van der Waals surface area contributed by atoms with Crippen LogP contribution in [0.25, 0.3) is 0 Å². The fourth-order valence-electron chi connectivity index (χ4n) is 3.44. The molecule has 0 bridgehead atoms. The number of nitrogens with zero attached hydrogens (tertiary/aromatic N) is 2. The largest absolute Gasteiger partial charge is 0.454 e. The number of carbonyl (C=O) groups excluding carboxylic acids is 3. The molecule has 0 atom stereocenters. The van der Waals surface area contributed by atoms with Crippen LogP contribution in [-0.2, 0) is 16.1 Å². The van der Waals surface area contributed by atoms with Crippen LogP contribution in [0.4, 0.5) is 11.4 Å². The van der Waals surface area contributed by atoms with Crippen molar-refractivity contribution in [3.63, 3.8) is 0 Å². The maximum absolute atomic E-state index is 12.8. The summed E-state index contributed by atoms with van der Waals surface area (Å²) in [6.45, 7) is 4.90. The van der Waals surface area contributed by atoms with Crippen LogP contribution in [0, 0.1) is 16.0 Å². The third-order valence-corrected chi connectivity index (χ3v) is 6.44. The van der Waals surface area contributed by atoms with E-state index in [1.54, 1.807) is 18.2 Å². The number of ketones is 1. The normalized spacial score (nSPS) is 14.1. The Morgan fingerprint density at radius 2 is 1.94 bits per heavy atom. The van der Waals surface area contributed by atoms with E-state index < -0.39 is 17.5 Å². The Labute approximate surface area is 189 Å². The molecule has 0 unspecified atom stereocenters. The number of thiophene rings is 1. The molecule has 10 heteroatoms. The molecule has 1 saturated heterocycles. The summed E-state index contributed by atoms with van der Waals surface area (Å²) in [5.41, 5.74) is 0.450. The minimum Gasteiger partial charge on any atom is -0.454 e. The summed E-state index contributed by atoms with van der Waals surface area (Å²) in [6, 6.07) is 7.49. The van der Waals surface area contributed by atoms with Gasteiger partial charge in [0.05, 0.1) is 27.6 Å². The van der Waals surface area contributed by atoms with Crippen molar-refractivity contribution in [1.29, 1.82) is 0 Å². The van der Waals surface area contributed by atoms with Crippen LogP contribution in [-0.4, -0.2) is 42.3 Å². The molecule has 0 radical (unpaired) electrons. The first kappa shape index (κ1) is 23.4. The number of non-ortho nitro benzene ring substituents is 1. The Balaban J connectivity index is 1.70. The SMILES string of the molecule is CC(=O)NCc1ccc(C(=O)COC(=O)c2cc([N+](=O)[O-])ccc2N2CCC(C)CC2)s1. The number of nitrogens with one attached hydrogen (secondary N) is 1. The monoisotopic (exact) mass is 459 g/mol. The van der Waals surface area contributed by atoms with E-state index in [4.69, 9.17) is 4.74 Å². The molecule has 2 heterocycles. The summed E-state index contributed by atoms with van der Waals surface area (Å²) in [5, 5.41) is 13.9. The van der Waals surface area contributed by atoms with Gasteiger partial charge in [0.1, 0.15) is 0 Å². The minimum absolute atomic E-state index is 0.0825. The van der Waals surface area contributed by atoms with E-state index in [1.165, 1.54) is 30.4 Å². The number of nitro benzene ring substituents is 1. The zero-order valence-electron chi connectivity index (χ0n) is 18.0. The first-order chi connectivity index (χ1) is 15.2. The van der Waals surface area contributed by atoms with Gasteiger partial charge in [0, 0.05) is 37.0 Å². The third-order valence-electron chi connectivity index (χ3n) is 5.32. The molecule has 9 nitrogen and oxygen atoms in total. The number of piperidine rings is 1. The van der Waals surface area contributed by atoms with E-state index in [0.717, 1.165) is 30.8 Å². The smallest absolute Gasteiger partial charge is 0.340 e. The quantitative estimate of drug-likeness (QED) is 0.277. The molecular weight excluding hydrogens is 434 g/mol. The van der Waals surface area contributed by atoms with Crippen molar-refractivity contribution < 1.29 is 24.0 Å². The number of Topliss-reactive ketones (excluding diaryl/α,β-unsaturated/α-hetero) is 1. The van der Waals surface area contributed by atoms with Gasteiger partial charge < -0.3 is 15.0 Å². The van der Waals surface area contributed by atoms with Crippen molar-refractivity contribution in [2.75, 3.05) is 24.6 Å². The van der Waals surface area contributed by atoms with E-state index in [-0.39, 0.29) is 22.9 Å². The molecule has 0 aliphatic carbocycles. The van der Waals surface area contributed by atoms with Gasteiger partial charge in [-0.15, -0.1) is 11.3 Å². The first-order valence-corrected chi connectivity index (χ1v) is 11.1. The molecule has 0 saturated carbocycles. The number of hydrogen-bond acceptors (Lipinski definition) is 8. The molecule has 2 aromatic rings. The van der Waals surface area contributed by atoms with Crippen molar-refractivity contribution >= 4 is 40.4 Å². The van der Waals surface area contributed by atoms with Gasteiger partial charge in [0.2, 0.25) is 11.7 Å². The summed E-state index contributed by atoms with van der Waals surface area (Å²) >= 11 is 1.21. The highest BCUT2D eigenvalue weighted by Gasteiger charge is 2.25. The summed E-state index contributed by atoms with van der Waals surface area (Å²) in [5.74, 6) is -0.739. The van der Waals surface area contributed by atoms with Gasteiger partial charge in [-0.05, 0) is 37.0 Å². The lowest BCUT2D eigenvalue weighted by Crippen LogP contribution is -2.34. The lowest BCUT2D eigenvalue weighted by Gasteiger charge is -2.33. The number of benzene rings is 1. The van der Waals surface area contributed by atoms with E-state index in [0.29, 0.717) is 23.0 Å². The van der Waals surface area contributed by atoms with Crippen LogP contribution in [0.3, 0.4) is 0 Å².